The SMILES string of the molecule is CCOC(=O)C(NCc1cccs1)c1cccc(O)c1. The van der Waals surface area contributed by atoms with E-state index in [0.717, 1.165) is 4.88 Å². The average Bonchev–Trinajstić information content (AvgIpc) is 2.92. The average molecular weight is 291 g/mol. The van der Waals surface area contributed by atoms with E-state index in [1.54, 1.807) is 42.5 Å². The highest BCUT2D eigenvalue weighted by Crippen LogP contribution is 2.20. The van der Waals surface area contributed by atoms with E-state index >= 15 is 0 Å². The Bertz CT molecular complexity index is 554. The molecule has 0 aliphatic carbocycles. The zero-order valence-corrected chi connectivity index (χ0v) is 12.0. The van der Waals surface area contributed by atoms with E-state index in [2.05, 4.69) is 5.32 Å². The number of hydrogen-bond donors (Lipinski definition) is 2. The van der Waals surface area contributed by atoms with Gasteiger partial charge in [0.05, 0.1) is 6.61 Å². The number of carbonyl (C=O) groups excluding carboxylic acids is 1. The highest BCUT2D eigenvalue weighted by molar-refractivity contribution is 7.09. The zero-order valence-electron chi connectivity index (χ0n) is 11.2. The van der Waals surface area contributed by atoms with Crippen LogP contribution in [0.1, 0.15) is 23.4 Å². The van der Waals surface area contributed by atoms with Gasteiger partial charge in [0.15, 0.2) is 0 Å². The maximum atomic E-state index is 12.1. The molecule has 0 saturated heterocycles. The summed E-state index contributed by atoms with van der Waals surface area (Å²) < 4.78 is 5.09. The summed E-state index contributed by atoms with van der Waals surface area (Å²) in [6, 6.07) is 10.0. The van der Waals surface area contributed by atoms with Gasteiger partial charge in [0, 0.05) is 11.4 Å². The van der Waals surface area contributed by atoms with Crippen molar-refractivity contribution < 1.29 is 14.6 Å². The number of phenols is 1. The fourth-order valence-corrected chi connectivity index (χ4v) is 2.54. The standard InChI is InChI=1S/C15H17NO3S/c1-2-19-15(18)14(11-5-3-6-12(17)9-11)16-10-13-7-4-8-20-13/h3-9,14,16-17H,2,10H2,1H3. The minimum Gasteiger partial charge on any atom is -0.508 e. The van der Waals surface area contributed by atoms with Gasteiger partial charge in [0.2, 0.25) is 0 Å². The first-order valence-electron chi connectivity index (χ1n) is 6.42. The van der Waals surface area contributed by atoms with Gasteiger partial charge in [0.1, 0.15) is 11.8 Å². The Morgan fingerprint density at radius 3 is 2.90 bits per heavy atom. The Hall–Kier alpha value is -1.85. The molecule has 0 amide bonds. The van der Waals surface area contributed by atoms with Crippen molar-refractivity contribution in [3.8, 4) is 5.75 Å². The molecule has 0 saturated carbocycles. The maximum Gasteiger partial charge on any atom is 0.327 e. The lowest BCUT2D eigenvalue weighted by Crippen LogP contribution is -2.29. The summed E-state index contributed by atoms with van der Waals surface area (Å²) in [5.41, 5.74) is 0.694. The van der Waals surface area contributed by atoms with Crippen LogP contribution in [-0.4, -0.2) is 17.7 Å². The molecule has 4 nitrogen and oxygen atoms in total. The van der Waals surface area contributed by atoms with Crippen molar-refractivity contribution in [3.63, 3.8) is 0 Å². The van der Waals surface area contributed by atoms with E-state index in [1.165, 1.54) is 0 Å². The van der Waals surface area contributed by atoms with E-state index in [9.17, 15) is 9.90 Å². The number of nitrogens with one attached hydrogen (secondary N) is 1. The van der Waals surface area contributed by atoms with Gasteiger partial charge < -0.3 is 9.84 Å². The van der Waals surface area contributed by atoms with Gasteiger partial charge in [-0.15, -0.1) is 11.3 Å². The number of carbonyl (C=O) groups is 1. The van der Waals surface area contributed by atoms with Gasteiger partial charge >= 0.3 is 5.97 Å². The maximum absolute atomic E-state index is 12.1. The molecule has 2 N–H and O–H groups in total. The second-order valence-corrected chi connectivity index (χ2v) is 5.27. The Balaban J connectivity index is 2.13. The van der Waals surface area contributed by atoms with Gasteiger partial charge in [-0.1, -0.05) is 18.2 Å². The molecule has 1 unspecified atom stereocenters. The number of rotatable bonds is 6. The Morgan fingerprint density at radius 1 is 1.40 bits per heavy atom. The van der Waals surface area contributed by atoms with Crippen LogP contribution in [0.25, 0.3) is 0 Å². The van der Waals surface area contributed by atoms with Crippen LogP contribution >= 0.6 is 11.3 Å². The lowest BCUT2D eigenvalue weighted by Gasteiger charge is -2.17. The fraction of sp³-hybridized carbons (Fsp3) is 0.267. The van der Waals surface area contributed by atoms with Gasteiger partial charge in [-0.2, -0.15) is 0 Å². The molecule has 1 aromatic carbocycles. The summed E-state index contributed by atoms with van der Waals surface area (Å²) >= 11 is 1.62. The topological polar surface area (TPSA) is 58.6 Å². The molecule has 20 heavy (non-hydrogen) atoms. The molecule has 0 aliphatic heterocycles. The summed E-state index contributed by atoms with van der Waals surface area (Å²) in [6.07, 6.45) is 0. The molecule has 0 fully saturated rings. The minimum atomic E-state index is -0.579. The van der Waals surface area contributed by atoms with Crippen molar-refractivity contribution >= 4 is 17.3 Å². The minimum absolute atomic E-state index is 0.134. The van der Waals surface area contributed by atoms with Crippen LogP contribution in [0.15, 0.2) is 41.8 Å². The van der Waals surface area contributed by atoms with Gasteiger partial charge in [-0.3, -0.25) is 5.32 Å². The number of aromatic hydroxyl groups is 1. The van der Waals surface area contributed by atoms with E-state index in [0.29, 0.717) is 18.7 Å². The van der Waals surface area contributed by atoms with Crippen molar-refractivity contribution in [1.82, 2.24) is 5.32 Å². The van der Waals surface area contributed by atoms with E-state index in [4.69, 9.17) is 4.74 Å². The highest BCUT2D eigenvalue weighted by Gasteiger charge is 2.21. The third-order valence-corrected chi connectivity index (χ3v) is 3.66. The van der Waals surface area contributed by atoms with Crippen molar-refractivity contribution in [1.29, 1.82) is 0 Å². The molecule has 5 heteroatoms. The number of ether oxygens (including phenoxy) is 1. The molecule has 0 aliphatic rings. The van der Waals surface area contributed by atoms with E-state index < -0.39 is 6.04 Å². The number of benzene rings is 1. The first-order valence-corrected chi connectivity index (χ1v) is 7.30. The highest BCUT2D eigenvalue weighted by atomic mass is 32.1. The second kappa shape index (κ2) is 7.07. The van der Waals surface area contributed by atoms with Crippen LogP contribution < -0.4 is 5.32 Å². The normalized spacial score (nSPS) is 12.1. The molecule has 0 bridgehead atoms. The van der Waals surface area contributed by atoms with Crippen molar-refractivity contribution in [2.45, 2.75) is 19.5 Å². The molecule has 0 spiro atoms. The van der Waals surface area contributed by atoms with Crippen molar-refractivity contribution in [2.75, 3.05) is 6.61 Å². The monoisotopic (exact) mass is 291 g/mol. The molecule has 0 radical (unpaired) electrons. The Labute approximate surface area is 122 Å². The third kappa shape index (κ3) is 3.82. The molecule has 2 aromatic rings. The Morgan fingerprint density at radius 2 is 2.25 bits per heavy atom. The first-order chi connectivity index (χ1) is 9.70. The summed E-state index contributed by atoms with van der Waals surface area (Å²) in [5.74, 6) is -0.204. The number of phenolic OH excluding ortho intramolecular Hbond substituents is 1. The first kappa shape index (κ1) is 14.6. The predicted octanol–water partition coefficient (Wildman–Crippen LogP) is 2.85. The zero-order chi connectivity index (χ0) is 14.4. The predicted molar refractivity (Wildman–Crippen MR) is 78.6 cm³/mol. The lowest BCUT2D eigenvalue weighted by molar-refractivity contribution is -0.145. The number of esters is 1. The summed E-state index contributed by atoms with van der Waals surface area (Å²) in [7, 11) is 0. The number of hydrogen-bond acceptors (Lipinski definition) is 5. The molecular formula is C15H17NO3S. The van der Waals surface area contributed by atoms with Crippen LogP contribution in [0.5, 0.6) is 5.75 Å². The summed E-state index contributed by atoms with van der Waals surface area (Å²) in [5, 5.41) is 14.7. The van der Waals surface area contributed by atoms with Gasteiger partial charge in [0.25, 0.3) is 0 Å². The molecule has 2 rings (SSSR count). The summed E-state index contributed by atoms with van der Waals surface area (Å²) in [6.45, 7) is 2.68. The van der Waals surface area contributed by atoms with Crippen LogP contribution in [0.4, 0.5) is 0 Å². The smallest absolute Gasteiger partial charge is 0.327 e. The fourth-order valence-electron chi connectivity index (χ4n) is 1.88. The van der Waals surface area contributed by atoms with Crippen LogP contribution in [0.3, 0.4) is 0 Å². The van der Waals surface area contributed by atoms with Crippen LogP contribution in [0.2, 0.25) is 0 Å². The van der Waals surface area contributed by atoms with Crippen LogP contribution in [-0.2, 0) is 16.1 Å². The summed E-state index contributed by atoms with van der Waals surface area (Å²) in [4.78, 5) is 13.2. The number of thiophene rings is 1. The third-order valence-electron chi connectivity index (χ3n) is 2.79. The van der Waals surface area contributed by atoms with Crippen molar-refractivity contribution in [3.05, 3.63) is 52.2 Å². The molecule has 1 aromatic heterocycles. The largest absolute Gasteiger partial charge is 0.508 e. The Kier molecular flexibility index (Phi) is 5.15. The molecule has 1 atom stereocenters. The molecule has 106 valence electrons. The van der Waals surface area contributed by atoms with E-state index in [1.807, 2.05) is 17.5 Å². The lowest BCUT2D eigenvalue weighted by atomic mass is 10.1. The van der Waals surface area contributed by atoms with Crippen molar-refractivity contribution in [2.24, 2.45) is 0 Å². The van der Waals surface area contributed by atoms with E-state index in [-0.39, 0.29) is 11.7 Å². The van der Waals surface area contributed by atoms with Crippen LogP contribution in [0, 0.1) is 0 Å². The van der Waals surface area contributed by atoms with Gasteiger partial charge in [-0.05, 0) is 36.1 Å². The molecule has 1 heterocycles. The second-order valence-electron chi connectivity index (χ2n) is 4.24. The molecular weight excluding hydrogens is 274 g/mol. The van der Waals surface area contributed by atoms with Gasteiger partial charge in [-0.25, -0.2) is 4.79 Å². The quantitative estimate of drug-likeness (QED) is 0.804.